The first kappa shape index (κ1) is 12.5. The van der Waals surface area contributed by atoms with Crippen LogP contribution in [0.1, 0.15) is 18.9 Å². The van der Waals surface area contributed by atoms with E-state index >= 15 is 0 Å². The molecule has 1 aliphatic heterocycles. The van der Waals surface area contributed by atoms with E-state index < -0.39 is 0 Å². The largest absolute Gasteiger partial charge is 0.391 e. The van der Waals surface area contributed by atoms with Crippen molar-refractivity contribution >= 4 is 0 Å². The van der Waals surface area contributed by atoms with Crippen molar-refractivity contribution in [2.75, 3.05) is 19.8 Å². The van der Waals surface area contributed by atoms with E-state index in [9.17, 15) is 5.11 Å². The van der Waals surface area contributed by atoms with Crippen LogP contribution in [-0.2, 0) is 11.3 Å². The summed E-state index contributed by atoms with van der Waals surface area (Å²) in [6.45, 7) is 5.16. The molecule has 1 aromatic heterocycles. The van der Waals surface area contributed by atoms with Gasteiger partial charge in [0.25, 0.3) is 0 Å². The summed E-state index contributed by atoms with van der Waals surface area (Å²) in [4.78, 5) is 6.28. The van der Waals surface area contributed by atoms with Crippen molar-refractivity contribution < 1.29 is 9.84 Å². The van der Waals surface area contributed by atoms with Gasteiger partial charge in [-0.15, -0.1) is 0 Å². The molecule has 17 heavy (non-hydrogen) atoms. The molecule has 2 atom stereocenters. The second-order valence-corrected chi connectivity index (χ2v) is 4.42. The van der Waals surface area contributed by atoms with E-state index in [0.29, 0.717) is 13.2 Å². The highest BCUT2D eigenvalue weighted by Crippen LogP contribution is 2.16. The van der Waals surface area contributed by atoms with Gasteiger partial charge in [0.1, 0.15) is 0 Å². The molecule has 0 amide bonds. The molecule has 1 aromatic rings. The third-order valence-electron chi connectivity index (χ3n) is 3.30. The molecule has 4 heteroatoms. The second-order valence-electron chi connectivity index (χ2n) is 4.42. The molecular formula is C13H20N2O2. The summed E-state index contributed by atoms with van der Waals surface area (Å²) in [6, 6.07) is 4.14. The van der Waals surface area contributed by atoms with Crippen LogP contribution in [0.5, 0.6) is 0 Å². The van der Waals surface area contributed by atoms with E-state index in [1.54, 1.807) is 12.4 Å². The lowest BCUT2D eigenvalue weighted by molar-refractivity contribution is -0.0625. The second kappa shape index (κ2) is 6.10. The Bertz CT molecular complexity index is 331. The summed E-state index contributed by atoms with van der Waals surface area (Å²) in [7, 11) is 0. The molecule has 0 aromatic carbocycles. The van der Waals surface area contributed by atoms with Crippen molar-refractivity contribution in [3.63, 3.8) is 0 Å². The molecule has 1 N–H and O–H groups in total. The van der Waals surface area contributed by atoms with Gasteiger partial charge in [0, 0.05) is 25.5 Å². The maximum atomic E-state index is 10.0. The van der Waals surface area contributed by atoms with Crippen LogP contribution in [0.4, 0.5) is 0 Å². The lowest BCUT2D eigenvalue weighted by atomic mass is 10.0. The quantitative estimate of drug-likeness (QED) is 0.849. The van der Waals surface area contributed by atoms with E-state index in [-0.39, 0.29) is 12.1 Å². The van der Waals surface area contributed by atoms with Crippen LogP contribution in [0, 0.1) is 0 Å². The van der Waals surface area contributed by atoms with Crippen LogP contribution < -0.4 is 0 Å². The predicted molar refractivity (Wildman–Crippen MR) is 65.6 cm³/mol. The van der Waals surface area contributed by atoms with Crippen LogP contribution in [0.2, 0.25) is 0 Å². The number of nitrogens with zero attached hydrogens (tertiary/aromatic N) is 2. The summed E-state index contributed by atoms with van der Waals surface area (Å²) in [5, 5.41) is 10.0. The SMILES string of the molecule is CCN(Cc1ccncc1)C1COCCC1O. The van der Waals surface area contributed by atoms with Gasteiger partial charge in [-0.05, 0) is 30.7 Å². The molecule has 4 nitrogen and oxygen atoms in total. The van der Waals surface area contributed by atoms with Gasteiger partial charge in [-0.2, -0.15) is 0 Å². The lowest BCUT2D eigenvalue weighted by Crippen LogP contribution is -2.49. The fourth-order valence-corrected chi connectivity index (χ4v) is 2.25. The summed E-state index contributed by atoms with van der Waals surface area (Å²) in [5.41, 5.74) is 1.22. The molecule has 1 saturated heterocycles. The minimum atomic E-state index is -0.273. The zero-order chi connectivity index (χ0) is 12.1. The molecule has 0 saturated carbocycles. The number of aliphatic hydroxyl groups is 1. The number of ether oxygens (including phenoxy) is 1. The molecule has 2 rings (SSSR count). The number of likely N-dealkylation sites (N-methyl/N-ethyl adjacent to an activating group) is 1. The van der Waals surface area contributed by atoms with Crippen molar-refractivity contribution in [3.8, 4) is 0 Å². The Morgan fingerprint density at radius 2 is 2.24 bits per heavy atom. The van der Waals surface area contributed by atoms with Gasteiger partial charge in [-0.25, -0.2) is 0 Å². The van der Waals surface area contributed by atoms with Crippen LogP contribution in [0.15, 0.2) is 24.5 Å². The number of hydrogen-bond acceptors (Lipinski definition) is 4. The van der Waals surface area contributed by atoms with Gasteiger partial charge >= 0.3 is 0 Å². The highest BCUT2D eigenvalue weighted by Gasteiger charge is 2.28. The number of aliphatic hydroxyl groups excluding tert-OH is 1. The number of hydrogen-bond donors (Lipinski definition) is 1. The third kappa shape index (κ3) is 3.25. The summed E-state index contributed by atoms with van der Waals surface area (Å²) >= 11 is 0. The van der Waals surface area contributed by atoms with Crippen molar-refractivity contribution in [1.29, 1.82) is 0 Å². The van der Waals surface area contributed by atoms with E-state index in [0.717, 1.165) is 19.5 Å². The maximum absolute atomic E-state index is 10.0. The minimum absolute atomic E-state index is 0.113. The zero-order valence-electron chi connectivity index (χ0n) is 10.2. The Hall–Kier alpha value is -0.970. The zero-order valence-corrected chi connectivity index (χ0v) is 10.2. The Balaban J connectivity index is 2.00. The number of pyridine rings is 1. The monoisotopic (exact) mass is 236 g/mol. The van der Waals surface area contributed by atoms with Gasteiger partial charge < -0.3 is 9.84 Å². The maximum Gasteiger partial charge on any atom is 0.0739 e. The first-order valence-corrected chi connectivity index (χ1v) is 6.20. The smallest absolute Gasteiger partial charge is 0.0739 e. The van der Waals surface area contributed by atoms with Crippen LogP contribution in [-0.4, -0.2) is 46.9 Å². The number of aromatic nitrogens is 1. The Kier molecular flexibility index (Phi) is 4.48. The summed E-state index contributed by atoms with van der Waals surface area (Å²) in [6.07, 6.45) is 4.07. The van der Waals surface area contributed by atoms with Crippen molar-refractivity contribution in [2.45, 2.75) is 32.0 Å². The van der Waals surface area contributed by atoms with Crippen LogP contribution in [0.3, 0.4) is 0 Å². The van der Waals surface area contributed by atoms with Gasteiger partial charge in [0.2, 0.25) is 0 Å². The molecule has 94 valence electrons. The van der Waals surface area contributed by atoms with E-state index in [1.165, 1.54) is 5.56 Å². The summed E-state index contributed by atoms with van der Waals surface area (Å²) in [5.74, 6) is 0. The third-order valence-corrected chi connectivity index (χ3v) is 3.30. The van der Waals surface area contributed by atoms with Gasteiger partial charge in [0.05, 0.1) is 18.8 Å². The van der Waals surface area contributed by atoms with Crippen LogP contribution >= 0.6 is 0 Å². The van der Waals surface area contributed by atoms with Gasteiger partial charge in [-0.1, -0.05) is 6.92 Å². The highest BCUT2D eigenvalue weighted by atomic mass is 16.5. The molecule has 0 spiro atoms. The molecule has 1 aliphatic rings. The van der Waals surface area contributed by atoms with E-state index in [1.807, 2.05) is 12.1 Å². The highest BCUT2D eigenvalue weighted by molar-refractivity contribution is 5.09. The molecule has 0 aliphatic carbocycles. The van der Waals surface area contributed by atoms with E-state index in [4.69, 9.17) is 4.74 Å². The molecule has 2 unspecified atom stereocenters. The number of rotatable bonds is 4. The molecule has 0 bridgehead atoms. The first-order valence-electron chi connectivity index (χ1n) is 6.20. The molecule has 0 radical (unpaired) electrons. The fraction of sp³-hybridized carbons (Fsp3) is 0.615. The van der Waals surface area contributed by atoms with Gasteiger partial charge in [-0.3, -0.25) is 9.88 Å². The Morgan fingerprint density at radius 1 is 1.47 bits per heavy atom. The average molecular weight is 236 g/mol. The molecule has 2 heterocycles. The average Bonchev–Trinajstić information content (AvgIpc) is 2.38. The van der Waals surface area contributed by atoms with Crippen molar-refractivity contribution in [3.05, 3.63) is 30.1 Å². The summed E-state index contributed by atoms with van der Waals surface area (Å²) < 4.78 is 5.46. The molecular weight excluding hydrogens is 216 g/mol. The minimum Gasteiger partial charge on any atom is -0.391 e. The van der Waals surface area contributed by atoms with Crippen LogP contribution in [0.25, 0.3) is 0 Å². The Morgan fingerprint density at radius 3 is 2.88 bits per heavy atom. The first-order chi connectivity index (χ1) is 8.31. The van der Waals surface area contributed by atoms with Gasteiger partial charge in [0.15, 0.2) is 0 Å². The fourth-order valence-electron chi connectivity index (χ4n) is 2.25. The topological polar surface area (TPSA) is 45.6 Å². The molecule has 1 fully saturated rings. The predicted octanol–water partition coefficient (Wildman–Crippen LogP) is 1.05. The lowest BCUT2D eigenvalue weighted by Gasteiger charge is -2.36. The normalized spacial score (nSPS) is 25.1. The standard InChI is InChI=1S/C13H20N2O2/c1-2-15(9-11-3-6-14-7-4-11)12-10-17-8-5-13(12)16/h3-4,6-7,12-13,16H,2,5,8-10H2,1H3. The van der Waals surface area contributed by atoms with Crippen molar-refractivity contribution in [1.82, 2.24) is 9.88 Å². The van der Waals surface area contributed by atoms with E-state index in [2.05, 4.69) is 16.8 Å². The Labute approximate surface area is 102 Å². The van der Waals surface area contributed by atoms with Crippen molar-refractivity contribution in [2.24, 2.45) is 0 Å².